The maximum Gasteiger partial charge on any atom is 0.222 e. The van der Waals surface area contributed by atoms with Crippen LogP contribution in [0.25, 0.3) is 0 Å². The summed E-state index contributed by atoms with van der Waals surface area (Å²) in [6.45, 7) is 4.04. The summed E-state index contributed by atoms with van der Waals surface area (Å²) in [7, 11) is 0. The highest BCUT2D eigenvalue weighted by Crippen LogP contribution is 2.45. The molecule has 1 saturated carbocycles. The van der Waals surface area contributed by atoms with E-state index in [0.717, 1.165) is 13.1 Å². The fraction of sp³-hybridized carbons (Fsp3) is 0.909. The smallest absolute Gasteiger partial charge is 0.222 e. The molecular formula is C11H19NO. The van der Waals surface area contributed by atoms with E-state index < -0.39 is 0 Å². The molecule has 74 valence electrons. The lowest BCUT2D eigenvalue weighted by molar-refractivity contribution is -0.130. The molecule has 1 aliphatic heterocycles. The highest BCUT2D eigenvalue weighted by Gasteiger charge is 2.41. The van der Waals surface area contributed by atoms with Crippen LogP contribution in [0.5, 0.6) is 0 Å². The van der Waals surface area contributed by atoms with Gasteiger partial charge < -0.3 is 4.90 Å². The predicted octanol–water partition coefficient (Wildman–Crippen LogP) is 2.19. The minimum atomic E-state index is 0.351. The maximum absolute atomic E-state index is 11.5. The first kappa shape index (κ1) is 9.04. The number of amides is 1. The topological polar surface area (TPSA) is 20.3 Å². The minimum Gasteiger partial charge on any atom is -0.342 e. The standard InChI is InChI=1S/C11H19NO/c1-2-10(13)12-8-7-11(9-12)5-3-4-6-11/h2-9H2,1H3. The number of nitrogens with zero attached hydrogens (tertiary/aromatic N) is 1. The molecule has 2 heteroatoms. The van der Waals surface area contributed by atoms with E-state index >= 15 is 0 Å². The Morgan fingerprint density at radius 3 is 2.62 bits per heavy atom. The molecule has 0 N–H and O–H groups in total. The van der Waals surface area contributed by atoms with Crippen LogP contribution in [0.1, 0.15) is 45.4 Å². The van der Waals surface area contributed by atoms with Gasteiger partial charge in [-0.25, -0.2) is 0 Å². The van der Waals surface area contributed by atoms with Gasteiger partial charge in [-0.1, -0.05) is 19.8 Å². The molecule has 2 aliphatic rings. The summed E-state index contributed by atoms with van der Waals surface area (Å²) >= 11 is 0. The molecule has 0 radical (unpaired) electrons. The van der Waals surface area contributed by atoms with Gasteiger partial charge in [0.15, 0.2) is 0 Å². The average molecular weight is 181 g/mol. The zero-order valence-electron chi connectivity index (χ0n) is 8.51. The quantitative estimate of drug-likeness (QED) is 0.607. The molecule has 1 saturated heterocycles. The summed E-state index contributed by atoms with van der Waals surface area (Å²) in [5.41, 5.74) is 0.546. The Morgan fingerprint density at radius 1 is 1.31 bits per heavy atom. The second-order valence-electron chi connectivity index (χ2n) is 4.63. The first-order chi connectivity index (χ1) is 6.26. The van der Waals surface area contributed by atoms with Crippen LogP contribution in [-0.2, 0) is 4.79 Å². The summed E-state index contributed by atoms with van der Waals surface area (Å²) in [6.07, 6.45) is 7.43. The summed E-state index contributed by atoms with van der Waals surface area (Å²) in [5, 5.41) is 0. The Bertz CT molecular complexity index is 206. The van der Waals surface area contributed by atoms with Crippen molar-refractivity contribution >= 4 is 5.91 Å². The third-order valence-electron chi connectivity index (χ3n) is 3.76. The lowest BCUT2D eigenvalue weighted by Gasteiger charge is -2.23. The van der Waals surface area contributed by atoms with Crippen LogP contribution in [0.2, 0.25) is 0 Å². The molecule has 0 bridgehead atoms. The first-order valence-electron chi connectivity index (χ1n) is 5.54. The van der Waals surface area contributed by atoms with Crippen LogP contribution in [0.15, 0.2) is 0 Å². The molecular weight excluding hydrogens is 162 g/mol. The van der Waals surface area contributed by atoms with Crippen LogP contribution in [-0.4, -0.2) is 23.9 Å². The molecule has 1 heterocycles. The van der Waals surface area contributed by atoms with Crippen molar-refractivity contribution in [3.05, 3.63) is 0 Å². The van der Waals surface area contributed by atoms with Crippen molar-refractivity contribution in [3.63, 3.8) is 0 Å². The molecule has 1 aliphatic carbocycles. The van der Waals surface area contributed by atoms with Crippen molar-refractivity contribution in [1.29, 1.82) is 0 Å². The zero-order chi connectivity index (χ0) is 9.31. The molecule has 0 aromatic carbocycles. The lowest BCUT2D eigenvalue weighted by Crippen LogP contribution is -2.30. The van der Waals surface area contributed by atoms with Gasteiger partial charge in [0.05, 0.1) is 0 Å². The highest BCUT2D eigenvalue weighted by atomic mass is 16.2. The molecule has 13 heavy (non-hydrogen) atoms. The molecule has 0 atom stereocenters. The van der Waals surface area contributed by atoms with Gasteiger partial charge in [-0.15, -0.1) is 0 Å². The van der Waals surface area contributed by atoms with Crippen molar-refractivity contribution in [1.82, 2.24) is 4.90 Å². The predicted molar refractivity (Wildman–Crippen MR) is 52.4 cm³/mol. The Morgan fingerprint density at radius 2 is 2.00 bits per heavy atom. The SMILES string of the molecule is CCC(=O)N1CCC2(CCCC2)C1. The molecule has 0 unspecified atom stereocenters. The number of rotatable bonds is 1. The summed E-state index contributed by atoms with van der Waals surface area (Å²) in [5.74, 6) is 0.351. The fourth-order valence-corrected chi connectivity index (χ4v) is 2.90. The van der Waals surface area contributed by atoms with Crippen LogP contribution in [0, 0.1) is 5.41 Å². The second-order valence-corrected chi connectivity index (χ2v) is 4.63. The third-order valence-corrected chi connectivity index (χ3v) is 3.76. The summed E-state index contributed by atoms with van der Waals surface area (Å²) in [6, 6.07) is 0. The van der Waals surface area contributed by atoms with Crippen molar-refractivity contribution in [2.45, 2.75) is 45.4 Å². The largest absolute Gasteiger partial charge is 0.342 e. The lowest BCUT2D eigenvalue weighted by atomic mass is 9.86. The highest BCUT2D eigenvalue weighted by molar-refractivity contribution is 5.76. The van der Waals surface area contributed by atoms with Crippen LogP contribution < -0.4 is 0 Å². The van der Waals surface area contributed by atoms with Crippen molar-refractivity contribution in [2.24, 2.45) is 5.41 Å². The Hall–Kier alpha value is -0.530. The Balaban J connectivity index is 1.96. The molecule has 2 fully saturated rings. The minimum absolute atomic E-state index is 0.351. The van der Waals surface area contributed by atoms with Crippen LogP contribution in [0.3, 0.4) is 0 Å². The number of hydrogen-bond acceptors (Lipinski definition) is 1. The van der Waals surface area contributed by atoms with E-state index in [0.29, 0.717) is 17.7 Å². The van der Waals surface area contributed by atoms with Crippen LogP contribution >= 0.6 is 0 Å². The second kappa shape index (κ2) is 3.32. The van der Waals surface area contributed by atoms with E-state index in [2.05, 4.69) is 4.90 Å². The van der Waals surface area contributed by atoms with E-state index in [9.17, 15) is 4.79 Å². The van der Waals surface area contributed by atoms with Gasteiger partial charge in [0, 0.05) is 19.5 Å². The summed E-state index contributed by atoms with van der Waals surface area (Å²) in [4.78, 5) is 13.6. The average Bonchev–Trinajstić information content (AvgIpc) is 2.76. The van der Waals surface area contributed by atoms with Gasteiger partial charge in [0.2, 0.25) is 5.91 Å². The Labute approximate surface area is 80.3 Å². The van der Waals surface area contributed by atoms with Gasteiger partial charge in [0.1, 0.15) is 0 Å². The number of carbonyl (C=O) groups excluding carboxylic acids is 1. The van der Waals surface area contributed by atoms with Crippen LogP contribution in [0.4, 0.5) is 0 Å². The van der Waals surface area contributed by atoms with E-state index in [1.165, 1.54) is 32.1 Å². The van der Waals surface area contributed by atoms with E-state index in [4.69, 9.17) is 0 Å². The normalized spacial score (nSPS) is 25.8. The van der Waals surface area contributed by atoms with Gasteiger partial charge in [-0.2, -0.15) is 0 Å². The maximum atomic E-state index is 11.5. The number of likely N-dealkylation sites (tertiary alicyclic amines) is 1. The zero-order valence-corrected chi connectivity index (χ0v) is 8.51. The van der Waals surface area contributed by atoms with Gasteiger partial charge in [-0.05, 0) is 24.7 Å². The summed E-state index contributed by atoms with van der Waals surface area (Å²) < 4.78 is 0. The van der Waals surface area contributed by atoms with E-state index in [-0.39, 0.29) is 0 Å². The first-order valence-corrected chi connectivity index (χ1v) is 5.54. The molecule has 2 nitrogen and oxygen atoms in total. The third kappa shape index (κ3) is 1.59. The molecule has 0 aromatic rings. The Kier molecular flexibility index (Phi) is 2.31. The van der Waals surface area contributed by atoms with E-state index in [1.54, 1.807) is 0 Å². The number of hydrogen-bond donors (Lipinski definition) is 0. The number of carbonyl (C=O) groups is 1. The monoisotopic (exact) mass is 181 g/mol. The van der Waals surface area contributed by atoms with Gasteiger partial charge >= 0.3 is 0 Å². The van der Waals surface area contributed by atoms with Gasteiger partial charge in [0.25, 0.3) is 0 Å². The van der Waals surface area contributed by atoms with Gasteiger partial charge in [-0.3, -0.25) is 4.79 Å². The fourth-order valence-electron chi connectivity index (χ4n) is 2.90. The van der Waals surface area contributed by atoms with Crippen molar-refractivity contribution in [2.75, 3.05) is 13.1 Å². The molecule has 2 rings (SSSR count). The van der Waals surface area contributed by atoms with Crippen molar-refractivity contribution in [3.8, 4) is 0 Å². The van der Waals surface area contributed by atoms with Crippen molar-refractivity contribution < 1.29 is 4.79 Å². The molecule has 0 aromatic heterocycles. The molecule has 1 spiro atoms. The molecule has 1 amide bonds. The van der Waals surface area contributed by atoms with E-state index in [1.807, 2.05) is 6.92 Å².